The molecule has 3 rings (SSSR count). The van der Waals surface area contributed by atoms with Crippen LogP contribution in [0.25, 0.3) is 0 Å². The van der Waals surface area contributed by atoms with Gasteiger partial charge in [0.2, 0.25) is 0 Å². The molecule has 2 N–H and O–H groups in total. The predicted octanol–water partition coefficient (Wildman–Crippen LogP) is 4.14. The Balaban J connectivity index is 1.55. The predicted molar refractivity (Wildman–Crippen MR) is 95.2 cm³/mol. The van der Waals surface area contributed by atoms with Crippen molar-refractivity contribution in [2.75, 3.05) is 11.9 Å². The van der Waals surface area contributed by atoms with E-state index < -0.39 is 0 Å². The fourth-order valence-electron chi connectivity index (χ4n) is 2.26. The first-order valence-corrected chi connectivity index (χ1v) is 8.52. The summed E-state index contributed by atoms with van der Waals surface area (Å²) in [5.74, 6) is 0.440. The molecule has 0 aliphatic heterocycles. The van der Waals surface area contributed by atoms with Gasteiger partial charge in [0.15, 0.2) is 5.13 Å². The molecule has 1 unspecified atom stereocenters. The molecule has 4 nitrogen and oxygen atoms in total. The minimum Gasteiger partial charge on any atom is -0.347 e. The van der Waals surface area contributed by atoms with Crippen LogP contribution in [0, 0.1) is 5.92 Å². The molecule has 118 valence electrons. The van der Waals surface area contributed by atoms with Gasteiger partial charge in [-0.25, -0.2) is 4.98 Å². The van der Waals surface area contributed by atoms with Gasteiger partial charge in [0.05, 0.1) is 0 Å². The van der Waals surface area contributed by atoms with Crippen LogP contribution >= 0.6 is 11.3 Å². The molecule has 5 heteroatoms. The molecular weight excluding hydrogens is 306 g/mol. The molecule has 1 aliphatic carbocycles. The number of amides is 1. The number of nitrogens with zero attached hydrogens (tertiary/aromatic N) is 1. The van der Waals surface area contributed by atoms with Gasteiger partial charge in [0.1, 0.15) is 5.69 Å². The first-order chi connectivity index (χ1) is 11.2. The lowest BCUT2D eigenvalue weighted by molar-refractivity contribution is 0.0953. The fraction of sp³-hybridized carbons (Fsp3) is 0.222. The molecule has 0 saturated carbocycles. The van der Waals surface area contributed by atoms with E-state index in [0.29, 0.717) is 23.3 Å². The quantitative estimate of drug-likeness (QED) is 0.869. The molecule has 1 aromatic heterocycles. The zero-order chi connectivity index (χ0) is 16.1. The summed E-state index contributed by atoms with van der Waals surface area (Å²) in [6, 6.07) is 9.79. The Hall–Kier alpha value is -2.40. The largest absolute Gasteiger partial charge is 0.347 e. The Labute approximate surface area is 140 Å². The number of aromatic nitrogens is 1. The number of benzene rings is 1. The third kappa shape index (κ3) is 4.29. The Morgan fingerprint density at radius 3 is 2.91 bits per heavy atom. The van der Waals surface area contributed by atoms with Crippen molar-refractivity contribution >= 4 is 28.1 Å². The van der Waals surface area contributed by atoms with Gasteiger partial charge in [0.25, 0.3) is 5.91 Å². The highest BCUT2D eigenvalue weighted by molar-refractivity contribution is 7.14. The van der Waals surface area contributed by atoms with E-state index in [1.807, 2.05) is 30.3 Å². The number of allylic oxidation sites excluding steroid dienone is 2. The molecule has 0 radical (unpaired) electrons. The molecule has 23 heavy (non-hydrogen) atoms. The first kappa shape index (κ1) is 15.5. The zero-order valence-corrected chi connectivity index (χ0v) is 13.8. The lowest BCUT2D eigenvalue weighted by Gasteiger charge is -2.12. The Bertz CT molecular complexity index is 734. The molecule has 1 heterocycles. The lowest BCUT2D eigenvalue weighted by atomic mass is 9.98. The number of anilines is 2. The molecule has 0 bridgehead atoms. The Morgan fingerprint density at radius 1 is 1.35 bits per heavy atom. The molecule has 0 fully saturated rings. The molecule has 1 amide bonds. The summed E-state index contributed by atoms with van der Waals surface area (Å²) in [4.78, 5) is 16.5. The van der Waals surface area contributed by atoms with Crippen LogP contribution in [0.1, 0.15) is 23.8 Å². The monoisotopic (exact) mass is 325 g/mol. The molecule has 0 spiro atoms. The van der Waals surface area contributed by atoms with Crippen molar-refractivity contribution < 1.29 is 4.79 Å². The number of carbonyl (C=O) groups excluding carboxylic acids is 1. The second-order valence-electron chi connectivity index (χ2n) is 5.56. The molecular formula is C18H19N3OS. The molecule has 1 atom stereocenters. The zero-order valence-electron chi connectivity index (χ0n) is 13.0. The molecule has 0 saturated heterocycles. The van der Waals surface area contributed by atoms with Gasteiger partial charge in [-0.1, -0.05) is 43.4 Å². The van der Waals surface area contributed by atoms with E-state index in [-0.39, 0.29) is 5.91 Å². The maximum Gasteiger partial charge on any atom is 0.271 e. The fourth-order valence-corrected chi connectivity index (χ4v) is 2.97. The van der Waals surface area contributed by atoms with Crippen LogP contribution < -0.4 is 10.6 Å². The first-order valence-electron chi connectivity index (χ1n) is 7.64. The lowest BCUT2D eigenvalue weighted by Crippen LogP contribution is -2.26. The highest BCUT2D eigenvalue weighted by atomic mass is 32.1. The van der Waals surface area contributed by atoms with Gasteiger partial charge in [-0.3, -0.25) is 4.79 Å². The topological polar surface area (TPSA) is 54.0 Å². The van der Waals surface area contributed by atoms with Crippen LogP contribution in [0.4, 0.5) is 10.8 Å². The maximum atomic E-state index is 12.2. The van der Waals surface area contributed by atoms with Crippen LogP contribution in [-0.4, -0.2) is 17.4 Å². The van der Waals surface area contributed by atoms with Gasteiger partial charge < -0.3 is 10.6 Å². The summed E-state index contributed by atoms with van der Waals surface area (Å²) in [7, 11) is 0. The number of thiazole rings is 1. The highest BCUT2D eigenvalue weighted by Gasteiger charge is 2.11. The summed E-state index contributed by atoms with van der Waals surface area (Å²) in [6.45, 7) is 2.72. The van der Waals surface area contributed by atoms with E-state index in [9.17, 15) is 4.79 Å². The molecule has 1 aromatic carbocycles. The van der Waals surface area contributed by atoms with Crippen molar-refractivity contribution in [3.05, 3.63) is 65.2 Å². The number of carbonyl (C=O) groups is 1. The summed E-state index contributed by atoms with van der Waals surface area (Å²) in [5, 5.41) is 8.60. The third-order valence-corrected chi connectivity index (χ3v) is 4.36. The standard InChI is InChI=1S/C18H19N3OS/c1-13-7-9-14(10-8-13)11-19-17(22)16-12-23-18(21-16)20-15-5-3-2-4-6-15/h2-7,9-10,12-13H,8,11H2,1H3,(H,19,22)(H,20,21). The minimum atomic E-state index is -0.143. The van der Waals surface area contributed by atoms with Crippen molar-refractivity contribution in [2.45, 2.75) is 13.3 Å². The van der Waals surface area contributed by atoms with Crippen molar-refractivity contribution in [1.82, 2.24) is 10.3 Å². The minimum absolute atomic E-state index is 0.143. The van der Waals surface area contributed by atoms with Crippen LogP contribution in [0.5, 0.6) is 0 Å². The number of hydrogen-bond donors (Lipinski definition) is 2. The van der Waals surface area contributed by atoms with Crippen LogP contribution in [0.2, 0.25) is 0 Å². The second-order valence-corrected chi connectivity index (χ2v) is 6.42. The normalized spacial score (nSPS) is 16.7. The van der Waals surface area contributed by atoms with E-state index in [0.717, 1.165) is 17.7 Å². The SMILES string of the molecule is CC1C=CC(CNC(=O)c2csc(Nc3ccccc3)n2)=CC1. The van der Waals surface area contributed by atoms with Gasteiger partial charge in [-0.05, 0) is 30.0 Å². The van der Waals surface area contributed by atoms with Crippen molar-refractivity contribution in [3.63, 3.8) is 0 Å². The molecule has 2 aromatic rings. The summed E-state index contributed by atoms with van der Waals surface area (Å²) >= 11 is 1.42. The maximum absolute atomic E-state index is 12.2. The Morgan fingerprint density at radius 2 is 2.17 bits per heavy atom. The average Bonchev–Trinajstić information content (AvgIpc) is 3.03. The number of hydrogen-bond acceptors (Lipinski definition) is 4. The number of rotatable bonds is 5. The van der Waals surface area contributed by atoms with Crippen LogP contribution in [0.15, 0.2) is 59.5 Å². The summed E-state index contributed by atoms with van der Waals surface area (Å²) in [6.07, 6.45) is 7.46. The van der Waals surface area contributed by atoms with E-state index in [4.69, 9.17) is 0 Å². The van der Waals surface area contributed by atoms with Gasteiger partial charge >= 0.3 is 0 Å². The Kier molecular flexibility index (Phi) is 4.88. The second kappa shape index (κ2) is 7.24. The van der Waals surface area contributed by atoms with Gasteiger partial charge in [-0.2, -0.15) is 0 Å². The average molecular weight is 325 g/mol. The van der Waals surface area contributed by atoms with E-state index >= 15 is 0 Å². The summed E-state index contributed by atoms with van der Waals surface area (Å²) in [5.41, 5.74) is 2.55. The van der Waals surface area contributed by atoms with E-state index in [2.05, 4.69) is 40.8 Å². The van der Waals surface area contributed by atoms with Crippen molar-refractivity contribution in [2.24, 2.45) is 5.92 Å². The van der Waals surface area contributed by atoms with E-state index in [1.165, 1.54) is 11.3 Å². The van der Waals surface area contributed by atoms with E-state index in [1.54, 1.807) is 5.38 Å². The highest BCUT2D eigenvalue weighted by Crippen LogP contribution is 2.20. The molecule has 1 aliphatic rings. The van der Waals surface area contributed by atoms with Crippen molar-refractivity contribution in [1.29, 1.82) is 0 Å². The van der Waals surface area contributed by atoms with Gasteiger partial charge in [-0.15, -0.1) is 11.3 Å². The smallest absolute Gasteiger partial charge is 0.271 e. The number of nitrogens with one attached hydrogen (secondary N) is 2. The number of para-hydroxylation sites is 1. The third-order valence-electron chi connectivity index (χ3n) is 3.61. The van der Waals surface area contributed by atoms with Crippen molar-refractivity contribution in [3.8, 4) is 0 Å². The summed E-state index contributed by atoms with van der Waals surface area (Å²) < 4.78 is 0. The van der Waals surface area contributed by atoms with Crippen LogP contribution in [0.3, 0.4) is 0 Å². The van der Waals surface area contributed by atoms with Gasteiger partial charge in [0, 0.05) is 17.6 Å². The van der Waals surface area contributed by atoms with Crippen LogP contribution in [-0.2, 0) is 0 Å².